The highest BCUT2D eigenvalue weighted by Crippen LogP contribution is 2.25. The lowest BCUT2D eigenvalue weighted by molar-refractivity contribution is -0.147. The van der Waals surface area contributed by atoms with E-state index in [1.807, 2.05) is 0 Å². The fraction of sp³-hybridized carbons (Fsp3) is 0.406. The van der Waals surface area contributed by atoms with Crippen molar-refractivity contribution in [2.45, 2.75) is 75.2 Å². The minimum Gasteiger partial charge on any atom is -0.381 e. The Labute approximate surface area is 271 Å². The summed E-state index contributed by atoms with van der Waals surface area (Å²) < 4.78 is 0. The van der Waals surface area contributed by atoms with E-state index in [1.54, 1.807) is 75.4 Å². The number of carbonyl (C=O) groups excluding carboxylic acids is 5. The second-order valence-electron chi connectivity index (χ2n) is 12.3. The normalized spacial score (nSPS) is 18.3. The lowest BCUT2D eigenvalue weighted by Crippen LogP contribution is -2.59. The number of para-hydroxylation sites is 1. The maximum absolute atomic E-state index is 13.7. The van der Waals surface area contributed by atoms with Crippen molar-refractivity contribution in [1.82, 2.24) is 30.8 Å². The summed E-state index contributed by atoms with van der Waals surface area (Å²) in [7, 11) is 0. The molecular weight excluding hydrogens is 614 g/mol. The average Bonchev–Trinajstić information content (AvgIpc) is 3.40. The van der Waals surface area contributed by atoms with Crippen LogP contribution in [0.25, 0.3) is 10.9 Å². The Morgan fingerprint density at radius 2 is 1.72 bits per heavy atom. The van der Waals surface area contributed by atoms with Crippen molar-refractivity contribution in [3.05, 3.63) is 72.2 Å². The van der Waals surface area contributed by atoms with Gasteiger partial charge in [-0.15, -0.1) is 11.6 Å². The van der Waals surface area contributed by atoms with Gasteiger partial charge in [-0.1, -0.05) is 48.5 Å². The molecule has 0 spiro atoms. The van der Waals surface area contributed by atoms with Crippen molar-refractivity contribution in [3.63, 3.8) is 0 Å². The second kappa shape index (κ2) is 14.6. The van der Waals surface area contributed by atoms with Crippen LogP contribution in [0, 0.1) is 0 Å². The topological polar surface area (TPSA) is 197 Å². The Balaban J connectivity index is 1.56. The predicted octanol–water partition coefficient (Wildman–Crippen LogP) is 0.815. The number of aliphatic hydroxyl groups excluding tert-OH is 1. The van der Waals surface area contributed by atoms with Crippen molar-refractivity contribution in [2.24, 2.45) is 5.73 Å². The molecular formula is C32H38ClN7O6. The molecule has 0 bridgehead atoms. The van der Waals surface area contributed by atoms with Crippen LogP contribution in [0.5, 0.6) is 0 Å². The Kier molecular flexibility index (Phi) is 10.9. The number of hydrogen-bond donors (Lipinski definition) is 5. The number of alkyl halides is 1. The van der Waals surface area contributed by atoms with Crippen LogP contribution in [0.15, 0.2) is 60.8 Å². The van der Waals surface area contributed by atoms with Gasteiger partial charge in [0.05, 0.1) is 23.4 Å². The standard InChI is InChI=1S/C32H38ClN7O6/c1-32(2,3)39-29(44)24-14-20(33)17-40(24)31(46)26(42)22(13-18-9-5-4-6-10-18)37-28(43)23(15-25(34)41)38-30(45)27-35-16-19-11-7-8-12-21(19)36-27/h4-12,16,20,22-24,26,42H,13-15,17H2,1-3H3,(H2,34,41)(H,37,43)(H,38,45)(H,39,44)/t20-,22-,23?,24?,26-/m0/s1. The van der Waals surface area contributed by atoms with Crippen LogP contribution in [0.2, 0.25) is 0 Å². The third-order valence-corrected chi connectivity index (χ3v) is 7.63. The van der Waals surface area contributed by atoms with Gasteiger partial charge in [-0.3, -0.25) is 24.0 Å². The molecule has 2 heterocycles. The van der Waals surface area contributed by atoms with E-state index >= 15 is 0 Å². The summed E-state index contributed by atoms with van der Waals surface area (Å²) in [5, 5.41) is 19.5. The fourth-order valence-corrected chi connectivity index (χ4v) is 5.50. The molecule has 0 radical (unpaired) electrons. The van der Waals surface area contributed by atoms with Gasteiger partial charge in [-0.05, 0) is 45.2 Å². The number of fused-ring (bicyclic) bond motifs is 1. The summed E-state index contributed by atoms with van der Waals surface area (Å²) in [6.07, 6.45) is -0.757. The predicted molar refractivity (Wildman–Crippen MR) is 170 cm³/mol. The summed E-state index contributed by atoms with van der Waals surface area (Å²) >= 11 is 6.36. The number of hydrogen-bond acceptors (Lipinski definition) is 8. The number of aromatic nitrogens is 2. The molecule has 3 aromatic rings. The number of halogens is 1. The quantitative estimate of drug-likeness (QED) is 0.188. The Morgan fingerprint density at radius 1 is 1.04 bits per heavy atom. The monoisotopic (exact) mass is 651 g/mol. The van der Waals surface area contributed by atoms with E-state index in [-0.39, 0.29) is 25.2 Å². The summed E-state index contributed by atoms with van der Waals surface area (Å²) in [6, 6.07) is 12.2. The van der Waals surface area contributed by atoms with E-state index in [9.17, 15) is 29.1 Å². The molecule has 6 N–H and O–H groups in total. The van der Waals surface area contributed by atoms with Gasteiger partial charge in [0.25, 0.3) is 11.8 Å². The average molecular weight is 652 g/mol. The van der Waals surface area contributed by atoms with E-state index in [0.717, 1.165) is 0 Å². The molecule has 1 fully saturated rings. The smallest absolute Gasteiger partial charge is 0.289 e. The Morgan fingerprint density at radius 3 is 2.39 bits per heavy atom. The van der Waals surface area contributed by atoms with Gasteiger partial charge in [0, 0.05) is 23.7 Å². The number of primary amides is 1. The summed E-state index contributed by atoms with van der Waals surface area (Å²) in [5.74, 6) is -4.05. The van der Waals surface area contributed by atoms with Gasteiger partial charge in [-0.2, -0.15) is 0 Å². The Hall–Kier alpha value is -4.62. The van der Waals surface area contributed by atoms with Crippen molar-refractivity contribution >= 4 is 52.0 Å². The zero-order chi connectivity index (χ0) is 33.6. The van der Waals surface area contributed by atoms with Crippen LogP contribution in [0.3, 0.4) is 0 Å². The molecule has 5 amide bonds. The van der Waals surface area contributed by atoms with E-state index in [2.05, 4.69) is 25.9 Å². The second-order valence-corrected chi connectivity index (χ2v) is 12.9. The van der Waals surface area contributed by atoms with Crippen LogP contribution in [0.4, 0.5) is 0 Å². The highest BCUT2D eigenvalue weighted by atomic mass is 35.5. The van der Waals surface area contributed by atoms with Crippen molar-refractivity contribution < 1.29 is 29.1 Å². The number of nitrogens with two attached hydrogens (primary N) is 1. The minimum absolute atomic E-state index is 0.00150. The zero-order valence-electron chi connectivity index (χ0n) is 25.8. The fourth-order valence-electron chi connectivity index (χ4n) is 5.18. The van der Waals surface area contributed by atoms with Crippen molar-refractivity contribution in [2.75, 3.05) is 6.54 Å². The number of likely N-dealkylation sites (tertiary alicyclic amines) is 1. The summed E-state index contributed by atoms with van der Waals surface area (Å²) in [4.78, 5) is 74.9. The number of rotatable bonds is 11. The van der Waals surface area contributed by atoms with Gasteiger partial charge in [0.15, 0.2) is 6.10 Å². The molecule has 244 valence electrons. The summed E-state index contributed by atoms with van der Waals surface area (Å²) in [5.41, 5.74) is 6.01. The first-order chi connectivity index (χ1) is 21.7. The van der Waals surface area contributed by atoms with E-state index in [0.29, 0.717) is 16.5 Å². The first-order valence-corrected chi connectivity index (χ1v) is 15.3. The van der Waals surface area contributed by atoms with Crippen LogP contribution in [0.1, 0.15) is 49.8 Å². The van der Waals surface area contributed by atoms with E-state index in [4.69, 9.17) is 17.3 Å². The minimum atomic E-state index is -1.81. The van der Waals surface area contributed by atoms with E-state index < -0.39 is 71.1 Å². The first-order valence-electron chi connectivity index (χ1n) is 14.8. The maximum Gasteiger partial charge on any atom is 0.289 e. The molecule has 2 unspecified atom stereocenters. The molecule has 0 aliphatic carbocycles. The molecule has 2 aromatic carbocycles. The van der Waals surface area contributed by atoms with Crippen LogP contribution in [-0.2, 0) is 25.6 Å². The third kappa shape index (κ3) is 8.98. The molecule has 1 aliphatic rings. The van der Waals surface area contributed by atoms with Crippen LogP contribution in [-0.4, -0.2) is 91.2 Å². The number of benzene rings is 2. The largest absolute Gasteiger partial charge is 0.381 e. The number of aliphatic hydroxyl groups is 1. The molecule has 1 aromatic heterocycles. The first kappa shape index (κ1) is 34.3. The molecule has 1 aliphatic heterocycles. The van der Waals surface area contributed by atoms with Crippen molar-refractivity contribution in [1.29, 1.82) is 0 Å². The molecule has 5 atom stereocenters. The molecule has 14 heteroatoms. The number of nitrogens with zero attached hydrogens (tertiary/aromatic N) is 3. The zero-order valence-corrected chi connectivity index (χ0v) is 26.5. The van der Waals surface area contributed by atoms with E-state index in [1.165, 1.54) is 11.1 Å². The number of nitrogens with one attached hydrogen (secondary N) is 3. The number of carbonyl (C=O) groups is 5. The van der Waals surface area contributed by atoms with Crippen molar-refractivity contribution in [3.8, 4) is 0 Å². The molecule has 46 heavy (non-hydrogen) atoms. The summed E-state index contributed by atoms with van der Waals surface area (Å²) in [6.45, 7) is 5.42. The van der Waals surface area contributed by atoms with Gasteiger partial charge in [0.2, 0.25) is 23.5 Å². The lowest BCUT2D eigenvalue weighted by Gasteiger charge is -2.32. The van der Waals surface area contributed by atoms with Gasteiger partial charge >= 0.3 is 0 Å². The highest BCUT2D eigenvalue weighted by molar-refractivity contribution is 6.21. The lowest BCUT2D eigenvalue weighted by atomic mass is 9.99. The SMILES string of the molecule is CC(C)(C)NC(=O)C1C[C@H](Cl)CN1C(=O)[C@@H](O)[C@H](Cc1ccccc1)NC(=O)C(CC(N)=O)NC(=O)c1ncc2ccccc2n1. The molecule has 4 rings (SSSR count). The molecule has 0 saturated carbocycles. The third-order valence-electron chi connectivity index (χ3n) is 7.31. The Bertz CT molecular complexity index is 1600. The highest BCUT2D eigenvalue weighted by Gasteiger charge is 2.43. The van der Waals surface area contributed by atoms with Crippen LogP contribution >= 0.6 is 11.6 Å². The molecule has 13 nitrogen and oxygen atoms in total. The maximum atomic E-state index is 13.7. The number of amides is 5. The van der Waals surface area contributed by atoms with Gasteiger partial charge in [0.1, 0.15) is 12.1 Å². The van der Waals surface area contributed by atoms with Gasteiger partial charge < -0.3 is 31.7 Å². The molecule has 1 saturated heterocycles. The van der Waals surface area contributed by atoms with Gasteiger partial charge in [-0.25, -0.2) is 9.97 Å². The van der Waals surface area contributed by atoms with Crippen LogP contribution < -0.4 is 21.7 Å².